The SMILES string of the molecule is CCCCCCCCNC(=O)OCc1ccccc1[N+](=O)[O-]. The smallest absolute Gasteiger partial charge is 0.407 e. The fourth-order valence-corrected chi connectivity index (χ4v) is 2.10. The summed E-state index contributed by atoms with van der Waals surface area (Å²) in [5.41, 5.74) is 0.355. The maximum Gasteiger partial charge on any atom is 0.407 e. The Morgan fingerprint density at radius 2 is 1.86 bits per heavy atom. The number of para-hydroxylation sites is 1. The second-order valence-corrected chi connectivity index (χ2v) is 5.16. The van der Waals surface area contributed by atoms with E-state index < -0.39 is 11.0 Å². The predicted octanol–water partition coefficient (Wildman–Crippen LogP) is 4.18. The third kappa shape index (κ3) is 7.06. The fraction of sp³-hybridized carbons (Fsp3) is 0.562. The lowest BCUT2D eigenvalue weighted by Crippen LogP contribution is -2.25. The number of nitro groups is 1. The topological polar surface area (TPSA) is 81.5 Å². The molecule has 0 saturated heterocycles. The average molecular weight is 308 g/mol. The first-order chi connectivity index (χ1) is 10.6. The van der Waals surface area contributed by atoms with E-state index in [0.717, 1.165) is 12.8 Å². The molecule has 0 bridgehead atoms. The zero-order chi connectivity index (χ0) is 16.2. The number of hydrogen-bond acceptors (Lipinski definition) is 4. The molecular weight excluding hydrogens is 284 g/mol. The number of unbranched alkanes of at least 4 members (excludes halogenated alkanes) is 5. The molecule has 0 atom stereocenters. The molecule has 6 nitrogen and oxygen atoms in total. The molecule has 0 unspecified atom stereocenters. The summed E-state index contributed by atoms with van der Waals surface area (Å²) in [5, 5.41) is 13.5. The Balaban J connectivity index is 2.20. The number of alkyl carbamates (subject to hydrolysis) is 1. The Kier molecular flexibility index (Phi) is 8.64. The van der Waals surface area contributed by atoms with Crippen LogP contribution in [-0.4, -0.2) is 17.6 Å². The summed E-state index contributed by atoms with van der Waals surface area (Å²) in [7, 11) is 0. The molecule has 1 amide bonds. The van der Waals surface area contributed by atoms with Gasteiger partial charge in [0.2, 0.25) is 0 Å². The molecule has 0 aromatic heterocycles. The molecule has 0 aliphatic heterocycles. The Morgan fingerprint density at radius 3 is 2.59 bits per heavy atom. The minimum Gasteiger partial charge on any atom is -0.444 e. The maximum atomic E-state index is 11.5. The Bertz CT molecular complexity index is 477. The second-order valence-electron chi connectivity index (χ2n) is 5.16. The molecule has 122 valence electrons. The van der Waals surface area contributed by atoms with E-state index in [0.29, 0.717) is 12.1 Å². The summed E-state index contributed by atoms with van der Waals surface area (Å²) < 4.78 is 5.01. The number of carbonyl (C=O) groups excluding carboxylic acids is 1. The fourth-order valence-electron chi connectivity index (χ4n) is 2.10. The molecule has 22 heavy (non-hydrogen) atoms. The van der Waals surface area contributed by atoms with E-state index >= 15 is 0 Å². The van der Waals surface area contributed by atoms with Crippen molar-refractivity contribution in [2.45, 2.75) is 52.1 Å². The van der Waals surface area contributed by atoms with Crippen molar-refractivity contribution in [2.24, 2.45) is 0 Å². The number of amides is 1. The number of rotatable bonds is 10. The first-order valence-electron chi connectivity index (χ1n) is 7.78. The summed E-state index contributed by atoms with van der Waals surface area (Å²) in [6.45, 7) is 2.65. The highest BCUT2D eigenvalue weighted by Crippen LogP contribution is 2.18. The molecule has 0 saturated carbocycles. The number of nitrogens with one attached hydrogen (secondary N) is 1. The first-order valence-corrected chi connectivity index (χ1v) is 7.78. The van der Waals surface area contributed by atoms with Crippen LogP contribution in [0.3, 0.4) is 0 Å². The Morgan fingerprint density at radius 1 is 1.18 bits per heavy atom. The van der Waals surface area contributed by atoms with E-state index in [-0.39, 0.29) is 12.3 Å². The van der Waals surface area contributed by atoms with Gasteiger partial charge in [-0.25, -0.2) is 4.79 Å². The summed E-state index contributed by atoms with van der Waals surface area (Å²) in [5.74, 6) is 0. The van der Waals surface area contributed by atoms with Crippen LogP contribution in [0.5, 0.6) is 0 Å². The standard InChI is InChI=1S/C16H24N2O4/c1-2-3-4-5-6-9-12-17-16(19)22-13-14-10-7-8-11-15(14)18(20)21/h7-8,10-11H,2-6,9,12-13H2,1H3,(H,17,19). The molecule has 0 heterocycles. The van der Waals surface area contributed by atoms with Crippen molar-refractivity contribution in [2.75, 3.05) is 6.54 Å². The van der Waals surface area contributed by atoms with Crippen molar-refractivity contribution in [1.82, 2.24) is 5.32 Å². The van der Waals surface area contributed by atoms with Crippen LogP contribution in [0.25, 0.3) is 0 Å². The Hall–Kier alpha value is -2.11. The number of nitro benzene ring substituents is 1. The van der Waals surface area contributed by atoms with E-state index in [1.165, 1.54) is 31.7 Å². The third-order valence-corrected chi connectivity index (χ3v) is 3.35. The zero-order valence-electron chi connectivity index (χ0n) is 13.0. The van der Waals surface area contributed by atoms with Gasteiger partial charge in [-0.1, -0.05) is 51.2 Å². The number of benzene rings is 1. The van der Waals surface area contributed by atoms with Gasteiger partial charge in [-0.05, 0) is 12.5 Å². The van der Waals surface area contributed by atoms with Gasteiger partial charge in [0.15, 0.2) is 0 Å². The highest BCUT2D eigenvalue weighted by Gasteiger charge is 2.13. The summed E-state index contributed by atoms with van der Waals surface area (Å²) in [6, 6.07) is 6.24. The van der Waals surface area contributed by atoms with Crippen LogP contribution in [0.2, 0.25) is 0 Å². The van der Waals surface area contributed by atoms with E-state index in [9.17, 15) is 14.9 Å². The lowest BCUT2D eigenvalue weighted by atomic mass is 10.1. The highest BCUT2D eigenvalue weighted by atomic mass is 16.6. The molecule has 0 fully saturated rings. The molecule has 1 aromatic carbocycles. The van der Waals surface area contributed by atoms with Gasteiger partial charge < -0.3 is 10.1 Å². The maximum absolute atomic E-state index is 11.5. The average Bonchev–Trinajstić information content (AvgIpc) is 2.52. The molecule has 1 N–H and O–H groups in total. The largest absolute Gasteiger partial charge is 0.444 e. The van der Waals surface area contributed by atoms with Gasteiger partial charge in [-0.3, -0.25) is 10.1 Å². The van der Waals surface area contributed by atoms with Crippen molar-refractivity contribution in [1.29, 1.82) is 0 Å². The lowest BCUT2D eigenvalue weighted by molar-refractivity contribution is -0.385. The third-order valence-electron chi connectivity index (χ3n) is 3.35. The van der Waals surface area contributed by atoms with Crippen molar-refractivity contribution in [3.05, 3.63) is 39.9 Å². The number of hydrogen-bond donors (Lipinski definition) is 1. The van der Waals surface area contributed by atoms with Crippen molar-refractivity contribution < 1.29 is 14.5 Å². The monoisotopic (exact) mass is 308 g/mol. The van der Waals surface area contributed by atoms with Gasteiger partial charge in [0.05, 0.1) is 10.5 Å². The van der Waals surface area contributed by atoms with E-state index in [2.05, 4.69) is 12.2 Å². The van der Waals surface area contributed by atoms with Crippen molar-refractivity contribution in [3.8, 4) is 0 Å². The highest BCUT2D eigenvalue weighted by molar-refractivity contribution is 5.67. The first kappa shape index (κ1) is 17.9. The van der Waals surface area contributed by atoms with Crippen LogP contribution in [0.1, 0.15) is 51.0 Å². The molecule has 0 radical (unpaired) electrons. The zero-order valence-corrected chi connectivity index (χ0v) is 13.0. The molecule has 1 rings (SSSR count). The molecule has 0 spiro atoms. The van der Waals surface area contributed by atoms with Crippen LogP contribution in [0.4, 0.5) is 10.5 Å². The van der Waals surface area contributed by atoms with Crippen LogP contribution in [0.15, 0.2) is 24.3 Å². The van der Waals surface area contributed by atoms with Crippen molar-refractivity contribution >= 4 is 11.8 Å². The van der Waals surface area contributed by atoms with Gasteiger partial charge >= 0.3 is 6.09 Å². The van der Waals surface area contributed by atoms with Gasteiger partial charge in [0.25, 0.3) is 5.69 Å². The lowest BCUT2D eigenvalue weighted by Gasteiger charge is -2.07. The van der Waals surface area contributed by atoms with Gasteiger partial charge in [0, 0.05) is 12.6 Å². The summed E-state index contributed by atoms with van der Waals surface area (Å²) in [6.07, 6.45) is 6.36. The van der Waals surface area contributed by atoms with Gasteiger partial charge in [-0.15, -0.1) is 0 Å². The van der Waals surface area contributed by atoms with Crippen LogP contribution in [0, 0.1) is 10.1 Å². The Labute approximate surface area is 131 Å². The minimum atomic E-state index is -0.535. The van der Waals surface area contributed by atoms with E-state index in [1.807, 2.05) is 0 Å². The van der Waals surface area contributed by atoms with Gasteiger partial charge in [-0.2, -0.15) is 0 Å². The number of nitrogens with zero attached hydrogens (tertiary/aromatic N) is 1. The number of ether oxygens (including phenoxy) is 1. The minimum absolute atomic E-state index is 0.0359. The van der Waals surface area contributed by atoms with E-state index in [1.54, 1.807) is 18.2 Å². The summed E-state index contributed by atoms with van der Waals surface area (Å²) >= 11 is 0. The predicted molar refractivity (Wildman–Crippen MR) is 84.7 cm³/mol. The van der Waals surface area contributed by atoms with Crippen LogP contribution >= 0.6 is 0 Å². The van der Waals surface area contributed by atoms with Gasteiger partial charge in [0.1, 0.15) is 6.61 Å². The van der Waals surface area contributed by atoms with Crippen LogP contribution < -0.4 is 5.32 Å². The molecule has 0 aliphatic rings. The summed E-state index contributed by atoms with van der Waals surface area (Å²) in [4.78, 5) is 21.9. The normalized spacial score (nSPS) is 10.2. The molecule has 0 aliphatic carbocycles. The second kappa shape index (κ2) is 10.6. The number of carbonyl (C=O) groups is 1. The quantitative estimate of drug-likeness (QED) is 0.399. The van der Waals surface area contributed by atoms with Crippen LogP contribution in [-0.2, 0) is 11.3 Å². The van der Waals surface area contributed by atoms with Crippen molar-refractivity contribution in [3.63, 3.8) is 0 Å². The van der Waals surface area contributed by atoms with E-state index in [4.69, 9.17) is 4.74 Å². The molecule has 6 heteroatoms. The molecule has 1 aromatic rings. The molecular formula is C16H24N2O4.